The number of aliphatic carboxylic acids is 2. The Morgan fingerprint density at radius 2 is 1.62 bits per heavy atom. The van der Waals surface area contributed by atoms with Gasteiger partial charge in [0.25, 0.3) is 0 Å². The normalized spacial score (nSPS) is 21.0. The van der Waals surface area contributed by atoms with Gasteiger partial charge in [0.05, 0.1) is 0 Å². The van der Waals surface area contributed by atoms with E-state index in [9.17, 15) is 4.79 Å². The summed E-state index contributed by atoms with van der Waals surface area (Å²) in [6, 6.07) is 0. The predicted octanol–water partition coefficient (Wildman–Crippen LogP) is 0.918. The highest BCUT2D eigenvalue weighted by molar-refractivity contribution is 6.27. The second-order valence-corrected chi connectivity index (χ2v) is 5.21. The highest BCUT2D eigenvalue weighted by Crippen LogP contribution is 2.36. The first-order valence-electron chi connectivity index (χ1n) is 7.24. The monoisotopic (exact) mass is 302 g/mol. The Balaban J connectivity index is 0.000000567. The first kappa shape index (κ1) is 19.4. The van der Waals surface area contributed by atoms with Crippen LogP contribution >= 0.6 is 0 Å². The smallest absolute Gasteiger partial charge is 0.414 e. The number of rotatable bonds is 4. The molecule has 1 aliphatic rings. The van der Waals surface area contributed by atoms with Crippen molar-refractivity contribution in [2.75, 3.05) is 13.1 Å². The third-order valence-corrected chi connectivity index (χ3v) is 4.33. The van der Waals surface area contributed by atoms with Gasteiger partial charge in [-0.05, 0) is 38.8 Å². The van der Waals surface area contributed by atoms with Gasteiger partial charge in [-0.25, -0.2) is 9.59 Å². The molecule has 7 nitrogen and oxygen atoms in total. The second-order valence-electron chi connectivity index (χ2n) is 5.21. The van der Waals surface area contributed by atoms with Crippen molar-refractivity contribution in [1.82, 2.24) is 4.90 Å². The fourth-order valence-electron chi connectivity index (χ4n) is 2.96. The fraction of sp³-hybridized carbons (Fsp3) is 0.786. The summed E-state index contributed by atoms with van der Waals surface area (Å²) in [7, 11) is 0. The molecule has 1 saturated heterocycles. The largest absolute Gasteiger partial charge is 0.473 e. The Kier molecular flexibility index (Phi) is 7.94. The van der Waals surface area contributed by atoms with E-state index in [1.165, 1.54) is 0 Å². The zero-order valence-corrected chi connectivity index (χ0v) is 13.0. The molecule has 1 heterocycles. The number of piperidine rings is 1. The predicted molar refractivity (Wildman–Crippen MR) is 77.8 cm³/mol. The van der Waals surface area contributed by atoms with E-state index in [4.69, 9.17) is 25.5 Å². The number of carboxylic acid groups (broad SMARTS) is 2. The summed E-state index contributed by atoms with van der Waals surface area (Å²) in [5.41, 5.74) is 5.64. The zero-order chi connectivity index (χ0) is 16.6. The van der Waals surface area contributed by atoms with E-state index in [0.29, 0.717) is 0 Å². The zero-order valence-electron chi connectivity index (χ0n) is 13.0. The molecular formula is C14H26N2O5. The van der Waals surface area contributed by atoms with Gasteiger partial charge in [-0.15, -0.1) is 0 Å². The van der Waals surface area contributed by atoms with Crippen LogP contribution in [0.25, 0.3) is 0 Å². The Bertz CT molecular complexity index is 368. The summed E-state index contributed by atoms with van der Waals surface area (Å²) in [6.07, 6.45) is 4.11. The molecule has 1 atom stereocenters. The minimum absolute atomic E-state index is 0.0905. The number of carbonyl (C=O) groups is 3. The molecule has 0 aromatic heterocycles. The molecule has 1 fully saturated rings. The number of likely N-dealkylation sites (tertiary alicyclic amines) is 1. The van der Waals surface area contributed by atoms with Gasteiger partial charge in [-0.2, -0.15) is 0 Å². The van der Waals surface area contributed by atoms with Gasteiger partial charge in [-0.3, -0.25) is 9.69 Å². The van der Waals surface area contributed by atoms with Crippen LogP contribution in [0.5, 0.6) is 0 Å². The molecule has 0 aromatic rings. The van der Waals surface area contributed by atoms with Crippen LogP contribution in [0, 0.1) is 5.92 Å². The summed E-state index contributed by atoms with van der Waals surface area (Å²) >= 11 is 0. The number of nitrogens with zero attached hydrogens (tertiary/aromatic N) is 1. The van der Waals surface area contributed by atoms with Crippen LogP contribution in [0.2, 0.25) is 0 Å². The van der Waals surface area contributed by atoms with E-state index >= 15 is 0 Å². The van der Waals surface area contributed by atoms with E-state index in [0.717, 1.165) is 38.8 Å². The number of carboxylic acids is 2. The topological polar surface area (TPSA) is 121 Å². The molecule has 21 heavy (non-hydrogen) atoms. The number of carbonyl (C=O) groups excluding carboxylic acids is 1. The Morgan fingerprint density at radius 1 is 1.14 bits per heavy atom. The van der Waals surface area contributed by atoms with Crippen molar-refractivity contribution in [1.29, 1.82) is 0 Å². The van der Waals surface area contributed by atoms with Gasteiger partial charge in [0.15, 0.2) is 0 Å². The van der Waals surface area contributed by atoms with Crippen molar-refractivity contribution >= 4 is 17.8 Å². The maximum Gasteiger partial charge on any atom is 0.414 e. The molecular weight excluding hydrogens is 276 g/mol. The summed E-state index contributed by atoms with van der Waals surface area (Å²) in [5.74, 6) is -3.67. The molecule has 7 heteroatoms. The van der Waals surface area contributed by atoms with Crippen molar-refractivity contribution in [3.05, 3.63) is 0 Å². The van der Waals surface area contributed by atoms with E-state index in [1.54, 1.807) is 0 Å². The molecule has 0 radical (unpaired) electrons. The van der Waals surface area contributed by atoms with Crippen molar-refractivity contribution < 1.29 is 24.6 Å². The lowest BCUT2D eigenvalue weighted by molar-refractivity contribution is -0.159. The Labute approximate surface area is 125 Å². The van der Waals surface area contributed by atoms with E-state index < -0.39 is 11.9 Å². The van der Waals surface area contributed by atoms with Gasteiger partial charge in [0.1, 0.15) is 0 Å². The molecule has 0 saturated carbocycles. The van der Waals surface area contributed by atoms with Crippen LogP contribution in [0.15, 0.2) is 0 Å². The number of hydrogen-bond donors (Lipinski definition) is 3. The van der Waals surface area contributed by atoms with Crippen LogP contribution < -0.4 is 5.73 Å². The van der Waals surface area contributed by atoms with Crippen LogP contribution in [0.3, 0.4) is 0 Å². The third kappa shape index (κ3) is 5.34. The molecule has 0 spiro atoms. The van der Waals surface area contributed by atoms with Gasteiger partial charge in [0.2, 0.25) is 5.91 Å². The first-order chi connectivity index (χ1) is 9.73. The summed E-state index contributed by atoms with van der Waals surface area (Å²) in [4.78, 5) is 32.0. The van der Waals surface area contributed by atoms with Gasteiger partial charge in [-0.1, -0.05) is 20.8 Å². The van der Waals surface area contributed by atoms with Gasteiger partial charge < -0.3 is 15.9 Å². The number of primary amides is 1. The summed E-state index contributed by atoms with van der Waals surface area (Å²) < 4.78 is 0. The third-order valence-electron chi connectivity index (χ3n) is 4.33. The molecule has 1 amide bonds. The highest BCUT2D eigenvalue weighted by Gasteiger charge is 2.40. The minimum Gasteiger partial charge on any atom is -0.473 e. The second kappa shape index (κ2) is 8.61. The molecule has 1 rings (SSSR count). The van der Waals surface area contributed by atoms with Crippen LogP contribution in [-0.4, -0.2) is 51.6 Å². The lowest BCUT2D eigenvalue weighted by atomic mass is 9.76. The molecule has 122 valence electrons. The fourth-order valence-corrected chi connectivity index (χ4v) is 2.96. The number of nitrogens with two attached hydrogens (primary N) is 1. The summed E-state index contributed by atoms with van der Waals surface area (Å²) in [6.45, 7) is 8.73. The Hall–Kier alpha value is -1.63. The van der Waals surface area contributed by atoms with Crippen LogP contribution in [0.4, 0.5) is 0 Å². The van der Waals surface area contributed by atoms with E-state index in [2.05, 4.69) is 25.7 Å². The molecule has 0 bridgehead atoms. The average molecular weight is 302 g/mol. The molecule has 1 unspecified atom stereocenters. The number of amides is 1. The van der Waals surface area contributed by atoms with Crippen molar-refractivity contribution in [3.63, 3.8) is 0 Å². The summed E-state index contributed by atoms with van der Waals surface area (Å²) in [5, 5.41) is 14.8. The standard InChI is InChI=1S/C12H24N2O.C2H2O4/c1-4-12(5-2)9-10(11(13)15)7-8-14(12)6-3;3-1(4)2(5)6/h10H,4-9H2,1-3H3,(H2,13,15);(H,3,4)(H,5,6). The van der Waals surface area contributed by atoms with E-state index in [1.807, 2.05) is 0 Å². The lowest BCUT2D eigenvalue weighted by Gasteiger charge is -2.48. The molecule has 0 aliphatic carbocycles. The van der Waals surface area contributed by atoms with Gasteiger partial charge >= 0.3 is 11.9 Å². The quantitative estimate of drug-likeness (QED) is 0.664. The number of hydrogen-bond acceptors (Lipinski definition) is 4. The maximum absolute atomic E-state index is 11.3. The van der Waals surface area contributed by atoms with E-state index in [-0.39, 0.29) is 17.4 Å². The van der Waals surface area contributed by atoms with Crippen molar-refractivity contribution in [2.45, 2.75) is 52.0 Å². The van der Waals surface area contributed by atoms with Crippen LogP contribution in [-0.2, 0) is 14.4 Å². The minimum atomic E-state index is -1.82. The molecule has 4 N–H and O–H groups in total. The highest BCUT2D eigenvalue weighted by atomic mass is 16.4. The Morgan fingerprint density at radius 3 is 1.90 bits per heavy atom. The lowest BCUT2D eigenvalue weighted by Crippen LogP contribution is -2.54. The van der Waals surface area contributed by atoms with Gasteiger partial charge in [0, 0.05) is 11.5 Å². The molecule has 0 aromatic carbocycles. The van der Waals surface area contributed by atoms with Crippen LogP contribution in [0.1, 0.15) is 46.5 Å². The van der Waals surface area contributed by atoms with Crippen molar-refractivity contribution in [2.24, 2.45) is 11.7 Å². The molecule has 1 aliphatic heterocycles. The van der Waals surface area contributed by atoms with Crippen molar-refractivity contribution in [3.8, 4) is 0 Å². The SMILES string of the molecule is CCN1CCC(C(N)=O)CC1(CC)CC.O=C(O)C(=O)O. The first-order valence-corrected chi connectivity index (χ1v) is 7.24. The average Bonchev–Trinajstić information content (AvgIpc) is 2.46. The maximum atomic E-state index is 11.3.